The molecule has 1 aromatic rings. The fourth-order valence-electron chi connectivity index (χ4n) is 2.42. The Morgan fingerprint density at radius 1 is 1.19 bits per heavy atom. The van der Waals surface area contributed by atoms with Crippen LogP contribution in [0.1, 0.15) is 48.5 Å². The minimum atomic E-state index is -1.22. The van der Waals surface area contributed by atoms with Gasteiger partial charge in [0.2, 0.25) is 0 Å². The Morgan fingerprint density at radius 2 is 1.76 bits per heavy atom. The van der Waals surface area contributed by atoms with Crippen LogP contribution in [-0.2, 0) is 9.53 Å². The van der Waals surface area contributed by atoms with Crippen molar-refractivity contribution in [1.82, 2.24) is 5.32 Å². The average Bonchev–Trinajstić information content (AvgIpc) is 2.48. The number of carbonyl (C=O) groups excluding carboxylic acids is 1. The Hall–Kier alpha value is -1.88. The van der Waals surface area contributed by atoms with E-state index in [-0.39, 0.29) is 18.7 Å². The molecule has 0 saturated carbocycles. The maximum absolute atomic E-state index is 12.3. The number of ether oxygens (including phenoxy) is 1. The number of nitrogens with one attached hydrogen (secondary N) is 1. The van der Waals surface area contributed by atoms with Crippen molar-refractivity contribution in [2.75, 3.05) is 13.2 Å². The van der Waals surface area contributed by atoms with E-state index in [1.54, 1.807) is 12.1 Å². The first-order chi connectivity index (χ1) is 9.94. The van der Waals surface area contributed by atoms with Gasteiger partial charge in [-0.2, -0.15) is 0 Å². The number of carboxylic acids is 1. The highest BCUT2D eigenvalue weighted by Crippen LogP contribution is 2.22. The van der Waals surface area contributed by atoms with Crippen LogP contribution in [0.4, 0.5) is 0 Å². The maximum atomic E-state index is 12.3. The van der Waals surface area contributed by atoms with Crippen LogP contribution < -0.4 is 5.32 Å². The molecule has 5 nitrogen and oxygen atoms in total. The Morgan fingerprint density at radius 3 is 2.24 bits per heavy atom. The highest BCUT2D eigenvalue weighted by Gasteiger charge is 2.41. The predicted molar refractivity (Wildman–Crippen MR) is 78.4 cm³/mol. The lowest BCUT2D eigenvalue weighted by molar-refractivity contribution is -0.148. The standard InChI is InChI=1S/C16H21NO4/c1-11(2)12-3-5-13(6-4-12)14(18)17-16(15(19)20)7-9-21-10-8-16/h3-6,11H,7-10H2,1-2H3,(H,17,18)(H,19,20). The predicted octanol–water partition coefficient (Wildman–Crippen LogP) is 2.17. The lowest BCUT2D eigenvalue weighted by Crippen LogP contribution is -2.57. The van der Waals surface area contributed by atoms with Crippen molar-refractivity contribution >= 4 is 11.9 Å². The van der Waals surface area contributed by atoms with Crippen molar-refractivity contribution in [3.8, 4) is 0 Å². The molecule has 1 heterocycles. The second-order valence-electron chi connectivity index (χ2n) is 5.73. The summed E-state index contributed by atoms with van der Waals surface area (Å²) in [5.74, 6) is -0.962. The van der Waals surface area contributed by atoms with Crippen LogP contribution in [0.3, 0.4) is 0 Å². The van der Waals surface area contributed by atoms with E-state index in [9.17, 15) is 14.7 Å². The van der Waals surface area contributed by atoms with Crippen LogP contribution in [0.25, 0.3) is 0 Å². The van der Waals surface area contributed by atoms with E-state index < -0.39 is 11.5 Å². The van der Waals surface area contributed by atoms with Crippen molar-refractivity contribution in [1.29, 1.82) is 0 Å². The van der Waals surface area contributed by atoms with Crippen molar-refractivity contribution in [2.24, 2.45) is 0 Å². The molecule has 0 bridgehead atoms. The molecule has 1 aromatic carbocycles. The number of hydrogen-bond acceptors (Lipinski definition) is 3. The molecule has 0 spiro atoms. The summed E-state index contributed by atoms with van der Waals surface area (Å²) in [5.41, 5.74) is 0.406. The normalized spacial score (nSPS) is 17.5. The number of carboxylic acid groups (broad SMARTS) is 1. The van der Waals surface area contributed by atoms with E-state index in [2.05, 4.69) is 19.2 Å². The monoisotopic (exact) mass is 291 g/mol. The summed E-state index contributed by atoms with van der Waals surface area (Å²) in [6.07, 6.45) is 0.580. The van der Waals surface area contributed by atoms with Gasteiger partial charge in [0.15, 0.2) is 0 Å². The molecule has 2 rings (SSSR count). The molecule has 0 atom stereocenters. The molecule has 0 aromatic heterocycles. The first-order valence-corrected chi connectivity index (χ1v) is 7.18. The molecule has 1 aliphatic rings. The molecular formula is C16H21NO4. The van der Waals surface area contributed by atoms with Gasteiger partial charge >= 0.3 is 5.97 Å². The van der Waals surface area contributed by atoms with Crippen LogP contribution in [0.2, 0.25) is 0 Å². The molecule has 21 heavy (non-hydrogen) atoms. The minimum absolute atomic E-state index is 0.290. The van der Waals surface area contributed by atoms with E-state index >= 15 is 0 Å². The smallest absolute Gasteiger partial charge is 0.329 e. The maximum Gasteiger partial charge on any atom is 0.329 e. The Balaban J connectivity index is 2.13. The molecule has 5 heteroatoms. The van der Waals surface area contributed by atoms with E-state index in [1.807, 2.05) is 12.1 Å². The van der Waals surface area contributed by atoms with E-state index in [0.29, 0.717) is 24.7 Å². The van der Waals surface area contributed by atoms with Crippen LogP contribution in [0.5, 0.6) is 0 Å². The lowest BCUT2D eigenvalue weighted by Gasteiger charge is -2.33. The summed E-state index contributed by atoms with van der Waals surface area (Å²) < 4.78 is 5.19. The second-order valence-corrected chi connectivity index (χ2v) is 5.73. The Bertz CT molecular complexity index is 516. The highest BCUT2D eigenvalue weighted by atomic mass is 16.5. The molecule has 1 fully saturated rings. The third-order valence-electron chi connectivity index (χ3n) is 3.95. The highest BCUT2D eigenvalue weighted by molar-refractivity contribution is 5.97. The molecule has 0 radical (unpaired) electrons. The molecule has 1 amide bonds. The summed E-state index contributed by atoms with van der Waals surface area (Å²) in [6.45, 7) is 4.85. The van der Waals surface area contributed by atoms with Gasteiger partial charge in [0.25, 0.3) is 5.91 Å². The number of benzene rings is 1. The van der Waals surface area contributed by atoms with Gasteiger partial charge in [-0.05, 0) is 23.6 Å². The molecule has 1 saturated heterocycles. The molecule has 1 aliphatic heterocycles. The Labute approximate surface area is 124 Å². The number of hydrogen-bond donors (Lipinski definition) is 2. The molecule has 0 aliphatic carbocycles. The summed E-state index contributed by atoms with van der Waals surface area (Å²) in [7, 11) is 0. The number of rotatable bonds is 4. The number of carbonyl (C=O) groups is 2. The van der Waals surface area contributed by atoms with Gasteiger partial charge in [0.05, 0.1) is 0 Å². The summed E-state index contributed by atoms with van der Waals surface area (Å²) in [6, 6.07) is 7.27. The first kappa shape index (κ1) is 15.5. The zero-order valence-electron chi connectivity index (χ0n) is 12.4. The topological polar surface area (TPSA) is 75.6 Å². The van der Waals surface area contributed by atoms with Crippen molar-refractivity contribution < 1.29 is 19.4 Å². The average molecular weight is 291 g/mol. The SMILES string of the molecule is CC(C)c1ccc(C(=O)NC2(C(=O)O)CCOCC2)cc1. The van der Waals surface area contributed by atoms with Gasteiger partial charge < -0.3 is 15.2 Å². The minimum Gasteiger partial charge on any atom is -0.480 e. The summed E-state index contributed by atoms with van der Waals surface area (Å²) in [4.78, 5) is 23.8. The molecule has 0 unspecified atom stereocenters. The quantitative estimate of drug-likeness (QED) is 0.891. The van der Waals surface area contributed by atoms with Gasteiger partial charge in [-0.3, -0.25) is 4.79 Å². The summed E-state index contributed by atoms with van der Waals surface area (Å²) >= 11 is 0. The Kier molecular flexibility index (Phi) is 4.63. The zero-order chi connectivity index (χ0) is 15.5. The van der Waals surface area contributed by atoms with Gasteiger partial charge in [0.1, 0.15) is 5.54 Å². The fourth-order valence-corrected chi connectivity index (χ4v) is 2.42. The lowest BCUT2D eigenvalue weighted by atomic mass is 9.89. The zero-order valence-corrected chi connectivity index (χ0v) is 12.4. The van der Waals surface area contributed by atoms with Gasteiger partial charge in [-0.1, -0.05) is 26.0 Å². The van der Waals surface area contributed by atoms with Crippen LogP contribution in [-0.4, -0.2) is 35.7 Å². The van der Waals surface area contributed by atoms with E-state index in [0.717, 1.165) is 5.56 Å². The van der Waals surface area contributed by atoms with Crippen LogP contribution in [0, 0.1) is 0 Å². The largest absolute Gasteiger partial charge is 0.480 e. The van der Waals surface area contributed by atoms with Gasteiger partial charge in [-0.25, -0.2) is 4.79 Å². The fraction of sp³-hybridized carbons (Fsp3) is 0.500. The number of amides is 1. The first-order valence-electron chi connectivity index (χ1n) is 7.18. The third-order valence-corrected chi connectivity index (χ3v) is 3.95. The van der Waals surface area contributed by atoms with Crippen molar-refractivity contribution in [2.45, 2.75) is 38.1 Å². The third kappa shape index (κ3) is 3.42. The van der Waals surface area contributed by atoms with E-state index in [1.165, 1.54) is 0 Å². The number of aliphatic carboxylic acids is 1. The van der Waals surface area contributed by atoms with Crippen LogP contribution in [0.15, 0.2) is 24.3 Å². The van der Waals surface area contributed by atoms with Crippen LogP contribution >= 0.6 is 0 Å². The molecular weight excluding hydrogens is 270 g/mol. The van der Waals surface area contributed by atoms with Crippen molar-refractivity contribution in [3.63, 3.8) is 0 Å². The molecule has 114 valence electrons. The van der Waals surface area contributed by atoms with Crippen molar-refractivity contribution in [3.05, 3.63) is 35.4 Å². The van der Waals surface area contributed by atoms with E-state index in [4.69, 9.17) is 4.74 Å². The summed E-state index contributed by atoms with van der Waals surface area (Å²) in [5, 5.41) is 12.1. The molecule has 2 N–H and O–H groups in total. The van der Waals surface area contributed by atoms with Gasteiger partial charge in [0, 0.05) is 31.6 Å². The van der Waals surface area contributed by atoms with Gasteiger partial charge in [-0.15, -0.1) is 0 Å². The second kappa shape index (κ2) is 6.26.